The van der Waals surface area contributed by atoms with Gasteiger partial charge in [-0.05, 0) is 5.75 Å². The number of hydrogen-bond acceptors (Lipinski definition) is 5. The molecule has 1 radical (unpaired) electrons. The standard InChI is InChI=1S/C6H4N2O5.Cu/c9-6-2-1-4(7(10)11)3-5(6)8(12)13;/h1-3,9H;/p-1. The normalized spacial score (nSPS) is 8.86. The molecule has 1 aromatic rings. The molecule has 0 unspecified atom stereocenters. The van der Waals surface area contributed by atoms with E-state index in [1.54, 1.807) is 0 Å². The van der Waals surface area contributed by atoms with Crippen LogP contribution in [0.25, 0.3) is 0 Å². The van der Waals surface area contributed by atoms with Crippen molar-refractivity contribution in [3.63, 3.8) is 0 Å². The van der Waals surface area contributed by atoms with Crippen LogP contribution in [0.4, 0.5) is 11.4 Å². The zero-order valence-corrected chi connectivity index (χ0v) is 7.41. The number of benzene rings is 1. The molecule has 0 fully saturated rings. The molecule has 0 bridgehead atoms. The second-order valence-corrected chi connectivity index (χ2v) is 2.17. The van der Waals surface area contributed by atoms with E-state index in [9.17, 15) is 25.3 Å². The summed E-state index contributed by atoms with van der Waals surface area (Å²) in [5, 5.41) is 31.1. The average molecular weight is 247 g/mol. The van der Waals surface area contributed by atoms with E-state index < -0.39 is 27.0 Å². The van der Waals surface area contributed by atoms with Gasteiger partial charge in [0.25, 0.3) is 11.4 Å². The van der Waals surface area contributed by atoms with Crippen molar-refractivity contribution in [3.8, 4) is 5.75 Å². The summed E-state index contributed by atoms with van der Waals surface area (Å²) in [5.41, 5.74) is -1.25. The largest absolute Gasteiger partial charge is 0.868 e. The van der Waals surface area contributed by atoms with Crippen LogP contribution in [-0.2, 0) is 17.1 Å². The van der Waals surface area contributed by atoms with Crippen LogP contribution >= 0.6 is 0 Å². The van der Waals surface area contributed by atoms with Gasteiger partial charge in [-0.2, -0.15) is 0 Å². The third-order valence-electron chi connectivity index (χ3n) is 1.35. The fourth-order valence-electron chi connectivity index (χ4n) is 0.762. The van der Waals surface area contributed by atoms with Gasteiger partial charge in [0.05, 0.1) is 15.9 Å². The summed E-state index contributed by atoms with van der Waals surface area (Å²) in [5.74, 6) is -0.837. The molecule has 0 N–H and O–H groups in total. The van der Waals surface area contributed by atoms with Gasteiger partial charge in [0.1, 0.15) is 0 Å². The molecular formula is C6H3CuN2O5-. The molecule has 1 rings (SSSR count). The van der Waals surface area contributed by atoms with E-state index in [0.717, 1.165) is 12.1 Å². The van der Waals surface area contributed by atoms with Crippen molar-refractivity contribution in [3.05, 3.63) is 38.4 Å². The minimum Gasteiger partial charge on any atom is -0.868 e. The molecule has 0 aliphatic heterocycles. The van der Waals surface area contributed by atoms with Crippen LogP contribution in [0.5, 0.6) is 5.75 Å². The first-order valence-corrected chi connectivity index (χ1v) is 3.12. The molecule has 7 nitrogen and oxygen atoms in total. The van der Waals surface area contributed by atoms with Gasteiger partial charge in [-0.15, -0.1) is 0 Å². The van der Waals surface area contributed by atoms with E-state index in [1.807, 2.05) is 0 Å². The molecular weight excluding hydrogens is 244 g/mol. The van der Waals surface area contributed by atoms with Crippen LogP contribution in [-0.4, -0.2) is 9.85 Å². The quantitative estimate of drug-likeness (QED) is 0.430. The Hall–Kier alpha value is -1.66. The Morgan fingerprint density at radius 2 is 1.64 bits per heavy atom. The van der Waals surface area contributed by atoms with Gasteiger partial charge in [0.2, 0.25) is 0 Å². The predicted molar refractivity (Wildman–Crippen MR) is 39.2 cm³/mol. The monoisotopic (exact) mass is 246 g/mol. The fourth-order valence-corrected chi connectivity index (χ4v) is 0.762. The van der Waals surface area contributed by atoms with Crippen molar-refractivity contribution in [1.29, 1.82) is 0 Å². The van der Waals surface area contributed by atoms with E-state index in [1.165, 1.54) is 0 Å². The van der Waals surface area contributed by atoms with Gasteiger partial charge in [-0.3, -0.25) is 20.2 Å². The maximum atomic E-state index is 10.8. The minimum atomic E-state index is -0.949. The maximum Gasteiger partial charge on any atom is 0.276 e. The zero-order chi connectivity index (χ0) is 10.0. The molecule has 0 atom stereocenters. The predicted octanol–water partition coefficient (Wildman–Crippen LogP) is 0.574. The van der Waals surface area contributed by atoms with E-state index in [4.69, 9.17) is 0 Å². The molecule has 14 heavy (non-hydrogen) atoms. The first-order chi connectivity index (χ1) is 6.02. The van der Waals surface area contributed by atoms with Crippen molar-refractivity contribution in [1.82, 2.24) is 0 Å². The molecule has 0 saturated carbocycles. The Bertz CT molecular complexity index is 380. The Kier molecular flexibility index (Phi) is 4.00. The molecule has 0 aromatic heterocycles. The molecule has 0 amide bonds. The number of nitro groups is 2. The zero-order valence-electron chi connectivity index (χ0n) is 6.47. The summed E-state index contributed by atoms with van der Waals surface area (Å²) in [6.45, 7) is 0. The summed E-state index contributed by atoms with van der Waals surface area (Å²) < 4.78 is 0. The van der Waals surface area contributed by atoms with Crippen LogP contribution in [0.15, 0.2) is 18.2 Å². The second-order valence-electron chi connectivity index (χ2n) is 2.17. The summed E-state index contributed by atoms with van der Waals surface area (Å²) in [6.07, 6.45) is 0. The van der Waals surface area contributed by atoms with Gasteiger partial charge >= 0.3 is 0 Å². The van der Waals surface area contributed by atoms with Gasteiger partial charge in [0, 0.05) is 23.1 Å². The number of hydrogen-bond donors (Lipinski definition) is 0. The van der Waals surface area contributed by atoms with Crippen LogP contribution in [0.3, 0.4) is 0 Å². The molecule has 0 aliphatic rings. The van der Waals surface area contributed by atoms with Crippen molar-refractivity contribution in [2.45, 2.75) is 0 Å². The fraction of sp³-hybridized carbons (Fsp3) is 0. The third-order valence-corrected chi connectivity index (χ3v) is 1.35. The Morgan fingerprint density at radius 1 is 1.07 bits per heavy atom. The van der Waals surface area contributed by atoms with Gasteiger partial charge < -0.3 is 5.11 Å². The average Bonchev–Trinajstić information content (AvgIpc) is 2.04. The molecule has 8 heteroatoms. The molecule has 0 spiro atoms. The number of non-ortho nitro benzene ring substituents is 1. The number of nitrogens with zero attached hydrogens (tertiary/aromatic N) is 2. The van der Waals surface area contributed by atoms with Crippen molar-refractivity contribution >= 4 is 11.4 Å². The minimum absolute atomic E-state index is 0. The van der Waals surface area contributed by atoms with Gasteiger partial charge in [-0.1, -0.05) is 6.07 Å². The summed E-state index contributed by atoms with van der Waals surface area (Å²) >= 11 is 0. The molecule has 1 aromatic carbocycles. The first kappa shape index (κ1) is 12.3. The Balaban J connectivity index is 0.00000169. The van der Waals surface area contributed by atoms with E-state index in [-0.39, 0.29) is 17.1 Å². The van der Waals surface area contributed by atoms with Gasteiger partial charge in [0.15, 0.2) is 0 Å². The molecule has 0 saturated heterocycles. The Labute approximate surface area is 88.1 Å². The summed E-state index contributed by atoms with van der Waals surface area (Å²) in [4.78, 5) is 18.6. The van der Waals surface area contributed by atoms with Crippen LogP contribution in [0.2, 0.25) is 0 Å². The van der Waals surface area contributed by atoms with E-state index in [2.05, 4.69) is 0 Å². The van der Waals surface area contributed by atoms with Crippen molar-refractivity contribution < 1.29 is 32.0 Å². The third kappa shape index (κ3) is 2.41. The van der Waals surface area contributed by atoms with Crippen LogP contribution in [0.1, 0.15) is 0 Å². The number of rotatable bonds is 2. The molecule has 0 heterocycles. The first-order valence-electron chi connectivity index (χ1n) is 3.12. The SMILES string of the molecule is O=[N+]([O-])c1ccc([O-])c([N+](=O)[O-])c1.[Cu]. The summed E-state index contributed by atoms with van der Waals surface area (Å²) in [7, 11) is 0. The smallest absolute Gasteiger partial charge is 0.276 e. The van der Waals surface area contributed by atoms with E-state index in [0.29, 0.717) is 6.07 Å². The molecule has 0 aliphatic carbocycles. The van der Waals surface area contributed by atoms with Crippen molar-refractivity contribution in [2.75, 3.05) is 0 Å². The number of nitro benzene ring substituents is 2. The molecule has 79 valence electrons. The Morgan fingerprint density at radius 3 is 2.07 bits per heavy atom. The maximum absolute atomic E-state index is 10.8. The topological polar surface area (TPSA) is 109 Å². The van der Waals surface area contributed by atoms with Crippen molar-refractivity contribution in [2.24, 2.45) is 0 Å². The van der Waals surface area contributed by atoms with Crippen LogP contribution < -0.4 is 5.11 Å². The van der Waals surface area contributed by atoms with Crippen LogP contribution in [0, 0.1) is 20.2 Å². The van der Waals surface area contributed by atoms with E-state index >= 15 is 0 Å². The van der Waals surface area contributed by atoms with Gasteiger partial charge in [-0.25, -0.2) is 0 Å². The second kappa shape index (κ2) is 4.54. The summed E-state index contributed by atoms with van der Waals surface area (Å²) in [6, 6.07) is 2.37.